The zero-order chi connectivity index (χ0) is 34.3. The number of fused-ring (bicyclic) bond motifs is 1. The van der Waals surface area contributed by atoms with Gasteiger partial charge in [0.25, 0.3) is 0 Å². The van der Waals surface area contributed by atoms with Crippen LogP contribution in [0.4, 0.5) is 15.8 Å². The molecule has 3 aromatic carbocycles. The maximum atomic E-state index is 14.1. The number of nitrogens with zero attached hydrogens (tertiary/aromatic N) is 2. The molecule has 1 amide bonds. The fourth-order valence-electron chi connectivity index (χ4n) is 5.80. The van der Waals surface area contributed by atoms with E-state index in [1.54, 1.807) is 24.1 Å². The quantitative estimate of drug-likeness (QED) is 0.176. The summed E-state index contributed by atoms with van der Waals surface area (Å²) in [4.78, 5) is 16.9. The molecular weight excluding hydrogens is 682 g/mol. The van der Waals surface area contributed by atoms with Gasteiger partial charge in [-0.1, -0.05) is 67.7 Å². The fourth-order valence-corrected chi connectivity index (χ4v) is 7.87. The fraction of sp³-hybridized carbons (Fsp3) is 0.457. The number of hydrogen-bond donors (Lipinski definition) is 1. The van der Waals surface area contributed by atoms with Gasteiger partial charge < -0.3 is 28.8 Å². The topological polar surface area (TPSA) is 71.5 Å². The summed E-state index contributed by atoms with van der Waals surface area (Å²) < 4.78 is 32.7. The highest BCUT2D eigenvalue weighted by molar-refractivity contribution is 6.74. The Morgan fingerprint density at radius 1 is 1.02 bits per heavy atom. The first-order valence-electron chi connectivity index (χ1n) is 15.7. The van der Waals surface area contributed by atoms with E-state index in [0.29, 0.717) is 61.0 Å². The highest BCUT2D eigenvalue weighted by Gasteiger charge is 2.49. The number of carbonyl (C=O) groups excluding carboxylic acids is 1. The molecule has 254 valence electrons. The van der Waals surface area contributed by atoms with Crippen molar-refractivity contribution in [3.05, 3.63) is 80.5 Å². The number of amides is 1. The highest BCUT2D eigenvalue weighted by atomic mass is 35.5. The predicted molar refractivity (Wildman–Crippen MR) is 190 cm³/mol. The second-order valence-electron chi connectivity index (χ2n) is 13.9. The second kappa shape index (κ2) is 13.8. The zero-order valence-electron chi connectivity index (χ0n) is 27.6. The first-order chi connectivity index (χ1) is 22.0. The summed E-state index contributed by atoms with van der Waals surface area (Å²) in [7, 11) is -0.765. The number of hydrogen-bond acceptors (Lipinski definition) is 6. The molecule has 7 nitrogen and oxygen atoms in total. The van der Waals surface area contributed by atoms with Gasteiger partial charge in [-0.2, -0.15) is 0 Å². The maximum Gasteiger partial charge on any atom is 0.227 e. The van der Waals surface area contributed by atoms with Gasteiger partial charge in [0.05, 0.1) is 46.2 Å². The number of halogens is 4. The lowest BCUT2D eigenvalue weighted by Crippen LogP contribution is -2.63. The molecule has 5 rings (SSSR count). The summed E-state index contributed by atoms with van der Waals surface area (Å²) in [6.45, 7) is 11.7. The molecular formula is C35H42Cl3FN2O5Si. The molecule has 2 aliphatic heterocycles. The van der Waals surface area contributed by atoms with Crippen LogP contribution in [0.3, 0.4) is 0 Å². The van der Waals surface area contributed by atoms with Crippen LogP contribution in [-0.4, -0.2) is 57.8 Å². The largest absolute Gasteiger partial charge is 0.497 e. The number of carbonyl (C=O) groups is 1. The molecule has 2 heterocycles. The Balaban J connectivity index is 1.42. The molecule has 0 unspecified atom stereocenters. The maximum absolute atomic E-state index is 14.1. The average Bonchev–Trinajstić information content (AvgIpc) is 3.01. The van der Waals surface area contributed by atoms with E-state index in [9.17, 15) is 14.3 Å². The Hall–Kier alpha value is -2.53. The van der Waals surface area contributed by atoms with Gasteiger partial charge in [0.1, 0.15) is 29.5 Å². The summed E-state index contributed by atoms with van der Waals surface area (Å²) in [6, 6.07) is 13.8. The van der Waals surface area contributed by atoms with E-state index >= 15 is 0 Å². The SMILES string of the molecule is COc1ccc(CN2C(=O)CCc3c(OC[C@]4(O)CCN(c5cc(Cl)c(F)cc5Cl)C[C@H]4O[Si](C)(C)C(C)(C)C)ccc(Cl)c32)cc1. The minimum absolute atomic E-state index is 0.0255. The van der Waals surface area contributed by atoms with E-state index in [4.69, 9.17) is 48.7 Å². The smallest absolute Gasteiger partial charge is 0.227 e. The van der Waals surface area contributed by atoms with Gasteiger partial charge in [-0.3, -0.25) is 4.79 Å². The first-order valence-corrected chi connectivity index (χ1v) is 19.7. The van der Waals surface area contributed by atoms with Crippen molar-refractivity contribution < 1.29 is 28.2 Å². The third-order valence-electron chi connectivity index (χ3n) is 9.70. The Kier molecular flexibility index (Phi) is 10.5. The first kappa shape index (κ1) is 35.8. The molecule has 0 bridgehead atoms. The predicted octanol–water partition coefficient (Wildman–Crippen LogP) is 8.68. The van der Waals surface area contributed by atoms with Gasteiger partial charge in [0.2, 0.25) is 5.91 Å². The Labute approximate surface area is 292 Å². The van der Waals surface area contributed by atoms with Gasteiger partial charge in [-0.25, -0.2) is 4.39 Å². The molecule has 0 spiro atoms. The normalized spacial score (nSPS) is 20.3. The van der Waals surface area contributed by atoms with Gasteiger partial charge in [-0.15, -0.1) is 0 Å². The van der Waals surface area contributed by atoms with E-state index in [1.165, 1.54) is 12.1 Å². The van der Waals surface area contributed by atoms with E-state index < -0.39 is 25.8 Å². The molecule has 0 saturated carbocycles. The lowest BCUT2D eigenvalue weighted by Gasteiger charge is -2.49. The van der Waals surface area contributed by atoms with Gasteiger partial charge in [-0.05, 0) is 72.9 Å². The van der Waals surface area contributed by atoms with Crippen molar-refractivity contribution in [1.82, 2.24) is 0 Å². The van der Waals surface area contributed by atoms with E-state index in [1.807, 2.05) is 29.2 Å². The van der Waals surface area contributed by atoms with Crippen molar-refractivity contribution in [2.24, 2.45) is 0 Å². The van der Waals surface area contributed by atoms with Crippen molar-refractivity contribution in [3.63, 3.8) is 0 Å². The van der Waals surface area contributed by atoms with Crippen LogP contribution in [0, 0.1) is 5.82 Å². The van der Waals surface area contributed by atoms with Gasteiger partial charge >= 0.3 is 0 Å². The van der Waals surface area contributed by atoms with Crippen LogP contribution >= 0.6 is 34.8 Å². The summed E-state index contributed by atoms with van der Waals surface area (Å²) in [6.07, 6.45) is 0.420. The number of ether oxygens (including phenoxy) is 2. The van der Waals surface area contributed by atoms with Crippen molar-refractivity contribution in [2.45, 2.75) is 76.4 Å². The second-order valence-corrected chi connectivity index (χ2v) is 19.9. The van der Waals surface area contributed by atoms with Crippen LogP contribution in [0.25, 0.3) is 0 Å². The molecule has 0 aliphatic carbocycles. The standard InChI is InChI=1S/C35H42Cl3FN2O5Si/c1-34(2,3)47(5,6)46-31-20-40(29-18-26(37)28(39)17-27(29)38)16-15-35(31,43)21-45-30-13-12-25(36)33-24(30)11-14-32(42)41(33)19-22-7-9-23(44-4)10-8-22/h7-10,12-13,17-18,31,43H,11,14-16,19-21H2,1-6H3/t31-,35-/m1/s1. The Morgan fingerprint density at radius 2 is 1.72 bits per heavy atom. The third-order valence-corrected chi connectivity index (χ3v) is 15.1. The molecule has 1 fully saturated rings. The van der Waals surface area contributed by atoms with Crippen LogP contribution in [0.15, 0.2) is 48.5 Å². The summed E-state index contributed by atoms with van der Waals surface area (Å²) in [5, 5.41) is 12.8. The van der Waals surface area contributed by atoms with Crippen molar-refractivity contribution in [1.29, 1.82) is 0 Å². The summed E-state index contributed by atoms with van der Waals surface area (Å²) in [5.41, 5.74) is 1.60. The number of aliphatic hydroxyl groups is 1. The highest BCUT2D eigenvalue weighted by Crippen LogP contribution is 2.44. The van der Waals surface area contributed by atoms with Gasteiger partial charge in [0.15, 0.2) is 8.32 Å². The Bertz CT molecular complexity index is 1630. The average molecular weight is 724 g/mol. The number of rotatable bonds is 9. The van der Waals surface area contributed by atoms with Crippen molar-refractivity contribution in [2.75, 3.05) is 36.6 Å². The molecule has 2 aliphatic rings. The Morgan fingerprint density at radius 3 is 2.38 bits per heavy atom. The van der Waals surface area contributed by atoms with Crippen LogP contribution < -0.4 is 19.3 Å². The third kappa shape index (κ3) is 7.55. The molecule has 0 radical (unpaired) electrons. The number of benzene rings is 3. The van der Waals surface area contributed by atoms with Crippen LogP contribution in [0.2, 0.25) is 33.2 Å². The summed E-state index contributed by atoms with van der Waals surface area (Å²) in [5.74, 6) is 0.677. The number of anilines is 2. The molecule has 0 aromatic heterocycles. The number of piperidine rings is 1. The lowest BCUT2D eigenvalue weighted by atomic mass is 9.89. The van der Waals surface area contributed by atoms with Crippen molar-refractivity contribution in [3.8, 4) is 11.5 Å². The number of methoxy groups -OCH3 is 1. The molecule has 2 atom stereocenters. The van der Waals surface area contributed by atoms with E-state index in [2.05, 4.69) is 33.9 Å². The minimum atomic E-state index is -2.38. The summed E-state index contributed by atoms with van der Waals surface area (Å²) >= 11 is 19.3. The molecule has 47 heavy (non-hydrogen) atoms. The molecule has 1 saturated heterocycles. The van der Waals surface area contributed by atoms with Crippen LogP contribution in [0.1, 0.15) is 44.7 Å². The molecule has 1 N–H and O–H groups in total. The zero-order valence-corrected chi connectivity index (χ0v) is 30.9. The molecule has 3 aromatic rings. The van der Waals surface area contributed by atoms with Gasteiger partial charge in [0, 0.05) is 25.1 Å². The van der Waals surface area contributed by atoms with E-state index in [0.717, 1.165) is 16.9 Å². The minimum Gasteiger partial charge on any atom is -0.497 e. The van der Waals surface area contributed by atoms with Crippen LogP contribution in [0.5, 0.6) is 11.5 Å². The monoisotopic (exact) mass is 722 g/mol. The lowest BCUT2D eigenvalue weighted by molar-refractivity contribution is -0.119. The van der Waals surface area contributed by atoms with Crippen molar-refractivity contribution >= 4 is 60.4 Å². The molecule has 12 heteroatoms. The van der Waals surface area contributed by atoms with E-state index in [-0.39, 0.29) is 27.6 Å². The van der Waals surface area contributed by atoms with Crippen LogP contribution in [-0.2, 0) is 22.2 Å².